The fourth-order valence-corrected chi connectivity index (χ4v) is 5.72. The number of ether oxygens (including phenoxy) is 1. The third kappa shape index (κ3) is 7.86. The first-order valence-corrected chi connectivity index (χ1v) is 14.6. The van der Waals surface area contributed by atoms with E-state index in [4.69, 9.17) is 10.1 Å². The summed E-state index contributed by atoms with van der Waals surface area (Å²) >= 11 is 0. The molecular formula is C32H43N5O4. The number of rotatable bonds is 14. The van der Waals surface area contributed by atoms with Crippen LogP contribution >= 0.6 is 0 Å². The number of hydrogen-bond donors (Lipinski definition) is 4. The average Bonchev–Trinajstić information content (AvgIpc) is 3.74. The van der Waals surface area contributed by atoms with Gasteiger partial charge >= 0.3 is 6.09 Å². The molecule has 1 saturated heterocycles. The van der Waals surface area contributed by atoms with Gasteiger partial charge in [0, 0.05) is 19.0 Å². The van der Waals surface area contributed by atoms with E-state index in [1.54, 1.807) is 4.90 Å². The number of guanidine groups is 1. The number of carbonyl (C=O) groups is 3. The number of amides is 3. The van der Waals surface area contributed by atoms with Crippen LogP contribution in [0.25, 0.3) is 0 Å². The van der Waals surface area contributed by atoms with E-state index >= 15 is 0 Å². The molecule has 2 unspecified atom stereocenters. The lowest BCUT2D eigenvalue weighted by atomic mass is 9.82. The second kappa shape index (κ2) is 13.7. The molecule has 4 rings (SSSR count). The Morgan fingerprint density at radius 2 is 1.73 bits per heavy atom. The van der Waals surface area contributed by atoms with Gasteiger partial charge in [-0.15, -0.1) is 0 Å². The summed E-state index contributed by atoms with van der Waals surface area (Å²) in [5.41, 5.74) is 0.857. The van der Waals surface area contributed by atoms with E-state index in [1.165, 1.54) is 7.11 Å². The van der Waals surface area contributed by atoms with Crippen LogP contribution in [-0.2, 0) is 26.3 Å². The van der Waals surface area contributed by atoms with Gasteiger partial charge in [-0.3, -0.25) is 19.9 Å². The second-order valence-corrected chi connectivity index (χ2v) is 11.7. The van der Waals surface area contributed by atoms with Crippen molar-refractivity contribution >= 4 is 23.9 Å². The Hall–Kier alpha value is -3.88. The lowest BCUT2D eigenvalue weighted by molar-refractivity contribution is -0.132. The minimum Gasteiger partial charge on any atom is -0.453 e. The van der Waals surface area contributed by atoms with Gasteiger partial charge in [-0.2, -0.15) is 0 Å². The number of nitrogens with one attached hydrogen (secondary N) is 4. The Balaban J connectivity index is 1.41. The molecule has 1 saturated carbocycles. The third-order valence-electron chi connectivity index (χ3n) is 7.87. The van der Waals surface area contributed by atoms with Gasteiger partial charge < -0.3 is 20.7 Å². The first-order chi connectivity index (χ1) is 19.7. The normalized spacial score (nSPS) is 20.0. The summed E-state index contributed by atoms with van der Waals surface area (Å²) in [6, 6.07) is 18.3. The zero-order chi connectivity index (χ0) is 29.4. The highest BCUT2D eigenvalue weighted by Gasteiger charge is 2.50. The van der Waals surface area contributed by atoms with Crippen molar-refractivity contribution in [2.45, 2.75) is 76.4 Å². The van der Waals surface area contributed by atoms with Crippen LogP contribution in [0.4, 0.5) is 4.79 Å². The minimum absolute atomic E-state index is 0.0953. The number of nitrogens with zero attached hydrogens (tertiary/aromatic N) is 1. The summed E-state index contributed by atoms with van der Waals surface area (Å²) in [6.07, 6.45) is 4.73. The van der Waals surface area contributed by atoms with Gasteiger partial charge in [0.05, 0.1) is 7.11 Å². The molecule has 9 nitrogen and oxygen atoms in total. The molecule has 2 aliphatic rings. The Morgan fingerprint density at radius 3 is 2.34 bits per heavy atom. The highest BCUT2D eigenvalue weighted by molar-refractivity contribution is 6.08. The van der Waals surface area contributed by atoms with Gasteiger partial charge in [-0.1, -0.05) is 87.4 Å². The Labute approximate surface area is 242 Å². The lowest BCUT2D eigenvalue weighted by Crippen LogP contribution is -2.51. The summed E-state index contributed by atoms with van der Waals surface area (Å²) in [6.45, 7) is 4.55. The molecule has 3 amide bonds. The SMILES string of the molecule is COC(=O)N[C@@H](Cc1ccccc1)C(=O)NC(CCCN1C(=N)NC(CC(C)C)(c2ccccc2)C1=O)CC1CC1. The predicted molar refractivity (Wildman–Crippen MR) is 158 cm³/mol. The number of benzene rings is 2. The summed E-state index contributed by atoms with van der Waals surface area (Å²) < 4.78 is 4.77. The molecule has 2 fully saturated rings. The lowest BCUT2D eigenvalue weighted by Gasteiger charge is -2.29. The van der Waals surface area contributed by atoms with Gasteiger partial charge in [0.25, 0.3) is 5.91 Å². The Bertz CT molecular complexity index is 1200. The maximum Gasteiger partial charge on any atom is 0.407 e. The molecule has 1 heterocycles. The molecule has 2 aromatic rings. The topological polar surface area (TPSA) is 124 Å². The van der Waals surface area contributed by atoms with Crippen LogP contribution in [0.3, 0.4) is 0 Å². The van der Waals surface area contributed by atoms with E-state index in [9.17, 15) is 14.4 Å². The highest BCUT2D eigenvalue weighted by Crippen LogP contribution is 2.36. The maximum absolute atomic E-state index is 13.8. The van der Waals surface area contributed by atoms with E-state index in [1.807, 2.05) is 60.7 Å². The standard InChI is InChI=1S/C32H43N5O4/c1-22(2)21-32(25-13-8-5-9-14-25)29(39)37(30(33)36-32)18-10-15-26(19-24-16-17-24)34-28(38)27(35-31(40)41-3)20-23-11-6-4-7-12-23/h4-9,11-14,22,24,26-27H,10,15-21H2,1-3H3,(H2,33,36)(H,34,38)(H,35,40)/t26?,27-,32?/m0/s1. The van der Waals surface area contributed by atoms with Crippen molar-refractivity contribution in [2.24, 2.45) is 11.8 Å². The Morgan fingerprint density at radius 1 is 1.07 bits per heavy atom. The molecule has 1 aliphatic carbocycles. The molecule has 41 heavy (non-hydrogen) atoms. The van der Waals surface area contributed by atoms with Gasteiger partial charge in [0.1, 0.15) is 11.6 Å². The molecule has 0 aromatic heterocycles. The molecule has 220 valence electrons. The Kier molecular flexibility index (Phi) is 10.0. The number of alkyl carbamates (subject to hydrolysis) is 1. The molecular weight excluding hydrogens is 518 g/mol. The van der Waals surface area contributed by atoms with Crippen molar-refractivity contribution in [1.82, 2.24) is 20.9 Å². The van der Waals surface area contributed by atoms with E-state index in [0.29, 0.717) is 38.1 Å². The quantitative estimate of drug-likeness (QED) is 0.273. The van der Waals surface area contributed by atoms with Gasteiger partial charge in [0.15, 0.2) is 5.96 Å². The van der Waals surface area contributed by atoms with Crippen LogP contribution in [0.1, 0.15) is 63.5 Å². The summed E-state index contributed by atoms with van der Waals surface area (Å²) in [7, 11) is 1.28. The van der Waals surface area contributed by atoms with Gasteiger partial charge in [-0.25, -0.2) is 4.79 Å². The number of hydrogen-bond acceptors (Lipinski definition) is 5. The van der Waals surface area contributed by atoms with Crippen molar-refractivity contribution < 1.29 is 19.1 Å². The van der Waals surface area contributed by atoms with E-state index in [-0.39, 0.29) is 29.7 Å². The monoisotopic (exact) mass is 561 g/mol. The molecule has 1 aliphatic heterocycles. The molecule has 4 N–H and O–H groups in total. The molecule has 2 aromatic carbocycles. The van der Waals surface area contributed by atoms with Crippen LogP contribution in [0, 0.1) is 17.2 Å². The summed E-state index contributed by atoms with van der Waals surface area (Å²) in [5, 5.41) is 17.7. The summed E-state index contributed by atoms with van der Waals surface area (Å²) in [5.74, 6) is 0.589. The average molecular weight is 562 g/mol. The molecule has 0 spiro atoms. The van der Waals surface area contributed by atoms with Crippen LogP contribution in [-0.4, -0.2) is 54.5 Å². The number of methoxy groups -OCH3 is 1. The van der Waals surface area contributed by atoms with Crippen molar-refractivity contribution in [3.05, 3.63) is 71.8 Å². The third-order valence-corrected chi connectivity index (χ3v) is 7.87. The molecule has 3 atom stereocenters. The van der Waals surface area contributed by atoms with E-state index in [0.717, 1.165) is 30.4 Å². The summed E-state index contributed by atoms with van der Waals surface area (Å²) in [4.78, 5) is 40.8. The fourth-order valence-electron chi connectivity index (χ4n) is 5.72. The van der Waals surface area contributed by atoms with Crippen LogP contribution < -0.4 is 16.0 Å². The zero-order valence-electron chi connectivity index (χ0n) is 24.3. The first kappa shape index (κ1) is 30.1. The van der Waals surface area contributed by atoms with E-state index in [2.05, 4.69) is 29.8 Å². The smallest absolute Gasteiger partial charge is 0.407 e. The fraction of sp³-hybridized carbons (Fsp3) is 0.500. The van der Waals surface area contributed by atoms with Crippen LogP contribution in [0.2, 0.25) is 0 Å². The molecule has 0 bridgehead atoms. The largest absolute Gasteiger partial charge is 0.453 e. The van der Waals surface area contributed by atoms with Crippen molar-refractivity contribution in [2.75, 3.05) is 13.7 Å². The van der Waals surface area contributed by atoms with Gasteiger partial charge in [0.2, 0.25) is 5.91 Å². The zero-order valence-corrected chi connectivity index (χ0v) is 24.3. The van der Waals surface area contributed by atoms with Crippen molar-refractivity contribution in [1.29, 1.82) is 5.41 Å². The molecule has 0 radical (unpaired) electrons. The van der Waals surface area contributed by atoms with Crippen LogP contribution in [0.5, 0.6) is 0 Å². The maximum atomic E-state index is 13.8. The van der Waals surface area contributed by atoms with Crippen LogP contribution in [0.15, 0.2) is 60.7 Å². The molecule has 9 heteroatoms. The predicted octanol–water partition coefficient (Wildman–Crippen LogP) is 4.33. The van der Waals surface area contributed by atoms with Crippen molar-refractivity contribution in [3.63, 3.8) is 0 Å². The highest BCUT2D eigenvalue weighted by atomic mass is 16.5. The van der Waals surface area contributed by atoms with Gasteiger partial charge in [-0.05, 0) is 48.6 Å². The first-order valence-electron chi connectivity index (χ1n) is 14.6. The van der Waals surface area contributed by atoms with E-state index < -0.39 is 17.7 Å². The number of carbonyl (C=O) groups excluding carboxylic acids is 3. The van der Waals surface area contributed by atoms with Crippen molar-refractivity contribution in [3.8, 4) is 0 Å². The second-order valence-electron chi connectivity index (χ2n) is 11.7. The minimum atomic E-state index is -0.946.